The molecule has 43 heavy (non-hydrogen) atoms. The third-order valence-corrected chi connectivity index (χ3v) is 7.99. The van der Waals surface area contributed by atoms with Crippen LogP contribution in [0.2, 0.25) is 0 Å². The first-order chi connectivity index (χ1) is 20.6. The molecule has 0 N–H and O–H groups in total. The van der Waals surface area contributed by atoms with Gasteiger partial charge in [-0.3, -0.25) is 24.3 Å². The number of nitrogens with zero attached hydrogens (tertiary/aromatic N) is 5. The highest BCUT2D eigenvalue weighted by atomic mass is 16.5. The lowest BCUT2D eigenvalue weighted by atomic mass is 9.90. The van der Waals surface area contributed by atoms with Gasteiger partial charge in [0.2, 0.25) is 11.8 Å². The SMILES string of the molecule is CCN1C(=O)C(C)(C)C(=O)N(C)c2cc(OCCCN(CCn3ccc4oc(C)cc4c3=O)Cc3cccnc3)ccc21. The molecule has 4 heterocycles. The zero-order chi connectivity index (χ0) is 30.7. The van der Waals surface area contributed by atoms with Crippen LogP contribution in [0.25, 0.3) is 11.0 Å². The van der Waals surface area contributed by atoms with Crippen LogP contribution in [0.5, 0.6) is 5.75 Å². The Balaban J connectivity index is 1.25. The summed E-state index contributed by atoms with van der Waals surface area (Å²) < 4.78 is 13.5. The van der Waals surface area contributed by atoms with Gasteiger partial charge in [0.15, 0.2) is 0 Å². The van der Waals surface area contributed by atoms with Crippen LogP contribution in [-0.2, 0) is 22.7 Å². The minimum Gasteiger partial charge on any atom is -0.493 e. The normalized spacial score (nSPS) is 14.8. The number of hydrogen-bond donors (Lipinski definition) is 0. The highest BCUT2D eigenvalue weighted by molar-refractivity contribution is 6.20. The van der Waals surface area contributed by atoms with E-state index in [4.69, 9.17) is 9.15 Å². The van der Waals surface area contributed by atoms with E-state index in [1.807, 2.05) is 56.4 Å². The van der Waals surface area contributed by atoms with Crippen molar-refractivity contribution in [2.45, 2.75) is 47.2 Å². The van der Waals surface area contributed by atoms with Gasteiger partial charge in [-0.15, -0.1) is 0 Å². The molecule has 226 valence electrons. The van der Waals surface area contributed by atoms with Crippen molar-refractivity contribution in [3.63, 3.8) is 0 Å². The van der Waals surface area contributed by atoms with Crippen LogP contribution in [0.15, 0.2) is 70.3 Å². The molecule has 0 radical (unpaired) electrons. The number of furan rings is 1. The molecule has 10 heteroatoms. The number of aryl methyl sites for hydroxylation is 1. The maximum atomic E-state index is 13.2. The number of benzene rings is 1. The minimum absolute atomic E-state index is 0.0580. The summed E-state index contributed by atoms with van der Waals surface area (Å²) in [5, 5.41) is 0.593. The summed E-state index contributed by atoms with van der Waals surface area (Å²) >= 11 is 0. The van der Waals surface area contributed by atoms with Crippen molar-refractivity contribution in [3.05, 3.63) is 82.7 Å². The van der Waals surface area contributed by atoms with Crippen LogP contribution >= 0.6 is 0 Å². The third kappa shape index (κ3) is 6.19. The van der Waals surface area contributed by atoms with Gasteiger partial charge in [0.25, 0.3) is 5.56 Å². The number of fused-ring (bicyclic) bond motifs is 2. The van der Waals surface area contributed by atoms with E-state index in [1.165, 1.54) is 0 Å². The molecule has 0 atom stereocenters. The zero-order valence-corrected chi connectivity index (χ0v) is 25.5. The fourth-order valence-corrected chi connectivity index (χ4v) is 5.60. The highest BCUT2D eigenvalue weighted by Crippen LogP contribution is 2.40. The van der Waals surface area contributed by atoms with Crippen molar-refractivity contribution in [2.75, 3.05) is 43.1 Å². The third-order valence-electron chi connectivity index (χ3n) is 7.99. The number of pyridine rings is 2. The highest BCUT2D eigenvalue weighted by Gasteiger charge is 2.45. The van der Waals surface area contributed by atoms with Crippen LogP contribution in [0.4, 0.5) is 11.4 Å². The topological polar surface area (TPSA) is 101 Å². The van der Waals surface area contributed by atoms with Crippen molar-refractivity contribution < 1.29 is 18.7 Å². The van der Waals surface area contributed by atoms with Gasteiger partial charge in [0.1, 0.15) is 22.5 Å². The first-order valence-electron chi connectivity index (χ1n) is 14.7. The van der Waals surface area contributed by atoms with Gasteiger partial charge in [-0.1, -0.05) is 6.07 Å². The van der Waals surface area contributed by atoms with E-state index >= 15 is 0 Å². The van der Waals surface area contributed by atoms with E-state index in [0.29, 0.717) is 60.9 Å². The number of aromatic nitrogens is 2. The molecule has 0 aliphatic carbocycles. The van der Waals surface area contributed by atoms with E-state index in [9.17, 15) is 14.4 Å². The summed E-state index contributed by atoms with van der Waals surface area (Å²) in [6.45, 7) is 10.6. The molecule has 0 bridgehead atoms. The van der Waals surface area contributed by atoms with Crippen molar-refractivity contribution in [2.24, 2.45) is 5.41 Å². The smallest absolute Gasteiger partial charge is 0.261 e. The molecule has 3 aromatic heterocycles. The van der Waals surface area contributed by atoms with Crippen LogP contribution in [0.1, 0.15) is 38.5 Å². The average Bonchev–Trinajstić information content (AvgIpc) is 3.38. The summed E-state index contributed by atoms with van der Waals surface area (Å²) in [5.41, 5.74) is 1.83. The van der Waals surface area contributed by atoms with Gasteiger partial charge >= 0.3 is 0 Å². The molecule has 1 aliphatic rings. The Hall–Kier alpha value is -4.44. The predicted octanol–water partition coefficient (Wildman–Crippen LogP) is 4.62. The molecule has 1 aromatic carbocycles. The second-order valence-corrected chi connectivity index (χ2v) is 11.5. The maximum Gasteiger partial charge on any atom is 0.261 e. The molecule has 1 aliphatic heterocycles. The number of rotatable bonds is 11. The van der Waals surface area contributed by atoms with E-state index in [2.05, 4.69) is 9.88 Å². The van der Waals surface area contributed by atoms with E-state index in [-0.39, 0.29) is 17.4 Å². The fourth-order valence-electron chi connectivity index (χ4n) is 5.60. The molecule has 4 aromatic rings. The average molecular weight is 586 g/mol. The second kappa shape index (κ2) is 12.4. The van der Waals surface area contributed by atoms with Crippen molar-refractivity contribution in [1.29, 1.82) is 0 Å². The Bertz CT molecular complexity index is 1680. The summed E-state index contributed by atoms with van der Waals surface area (Å²) in [4.78, 5) is 49.0. The predicted molar refractivity (Wildman–Crippen MR) is 166 cm³/mol. The van der Waals surface area contributed by atoms with Crippen molar-refractivity contribution in [3.8, 4) is 5.75 Å². The molecule has 0 spiro atoms. The Morgan fingerprint density at radius 3 is 2.58 bits per heavy atom. The summed E-state index contributed by atoms with van der Waals surface area (Å²) in [7, 11) is 1.70. The molecule has 0 saturated carbocycles. The van der Waals surface area contributed by atoms with E-state index < -0.39 is 5.41 Å². The van der Waals surface area contributed by atoms with Gasteiger partial charge in [-0.2, -0.15) is 0 Å². The second-order valence-electron chi connectivity index (χ2n) is 11.5. The summed E-state index contributed by atoms with van der Waals surface area (Å²) in [6.07, 6.45) is 6.14. The number of ether oxygens (including phenoxy) is 1. The van der Waals surface area contributed by atoms with E-state index in [1.54, 1.807) is 53.7 Å². The molecule has 5 rings (SSSR count). The van der Waals surface area contributed by atoms with Gasteiger partial charge in [-0.05, 0) is 70.0 Å². The minimum atomic E-state index is -1.16. The summed E-state index contributed by atoms with van der Waals surface area (Å²) in [5.74, 6) is 0.889. The molecular weight excluding hydrogens is 546 g/mol. The Labute approximate surface area is 251 Å². The maximum absolute atomic E-state index is 13.2. The van der Waals surface area contributed by atoms with Crippen LogP contribution in [0.3, 0.4) is 0 Å². The lowest BCUT2D eigenvalue weighted by Crippen LogP contribution is -2.47. The summed E-state index contributed by atoms with van der Waals surface area (Å²) in [6, 6.07) is 13.1. The molecular formula is C33H39N5O5. The quantitative estimate of drug-likeness (QED) is 0.187. The van der Waals surface area contributed by atoms with Gasteiger partial charge in [0.05, 0.1) is 23.4 Å². The first kappa shape index (κ1) is 30.0. The largest absolute Gasteiger partial charge is 0.493 e. The van der Waals surface area contributed by atoms with Crippen LogP contribution in [0, 0.1) is 12.3 Å². The number of carbonyl (C=O) groups is 2. The monoisotopic (exact) mass is 585 g/mol. The van der Waals surface area contributed by atoms with Crippen LogP contribution in [-0.4, -0.2) is 59.6 Å². The number of anilines is 2. The fraction of sp³-hybridized carbons (Fsp3) is 0.394. The lowest BCUT2D eigenvalue weighted by Gasteiger charge is -2.27. The molecule has 0 fully saturated rings. The van der Waals surface area contributed by atoms with Gasteiger partial charge in [-0.25, -0.2) is 0 Å². The zero-order valence-electron chi connectivity index (χ0n) is 25.5. The lowest BCUT2D eigenvalue weighted by molar-refractivity contribution is -0.137. The molecule has 0 saturated heterocycles. The number of carbonyl (C=O) groups excluding carboxylic acids is 2. The van der Waals surface area contributed by atoms with E-state index in [0.717, 1.165) is 24.3 Å². The number of hydrogen-bond acceptors (Lipinski definition) is 7. The Morgan fingerprint density at radius 2 is 1.84 bits per heavy atom. The molecule has 10 nitrogen and oxygen atoms in total. The Kier molecular flexibility index (Phi) is 8.68. The van der Waals surface area contributed by atoms with Crippen molar-refractivity contribution >= 4 is 34.2 Å². The van der Waals surface area contributed by atoms with Crippen LogP contribution < -0.4 is 20.1 Å². The van der Waals surface area contributed by atoms with Gasteiger partial charge < -0.3 is 23.5 Å². The standard InChI is InChI=1S/C33H39N5O5/c1-6-38-27-11-10-25(20-28(27)35(5)31(40)33(3,4)32(38)41)42-18-8-14-36(22-24-9-7-13-34-21-24)16-17-37-15-12-29-26(30(37)39)19-23(2)43-29/h7,9-13,15,19-21H,6,8,14,16-18,22H2,1-5H3. The van der Waals surface area contributed by atoms with Gasteiger partial charge in [0, 0.05) is 64.4 Å². The molecule has 2 amide bonds. The van der Waals surface area contributed by atoms with Crippen molar-refractivity contribution in [1.82, 2.24) is 14.5 Å². The Morgan fingerprint density at radius 1 is 1.02 bits per heavy atom. The molecule has 0 unspecified atom stereocenters. The first-order valence-corrected chi connectivity index (χ1v) is 14.7. The number of amides is 2.